The van der Waals surface area contributed by atoms with Crippen LogP contribution in [0.2, 0.25) is 0 Å². The van der Waals surface area contributed by atoms with E-state index in [9.17, 15) is 28.8 Å². The molecule has 0 radical (unpaired) electrons. The number of amides is 4. The summed E-state index contributed by atoms with van der Waals surface area (Å²) < 4.78 is 27.6. The lowest BCUT2D eigenvalue weighted by molar-refractivity contribution is -0.134. The molecule has 6 aliphatic heterocycles. The van der Waals surface area contributed by atoms with Crippen molar-refractivity contribution in [1.82, 2.24) is 10.8 Å². The van der Waals surface area contributed by atoms with Gasteiger partial charge in [0.2, 0.25) is 0 Å². The second-order valence-electron chi connectivity index (χ2n) is 17.8. The van der Waals surface area contributed by atoms with Crippen molar-refractivity contribution < 1.29 is 57.7 Å². The van der Waals surface area contributed by atoms with Crippen LogP contribution in [0.4, 0.5) is 11.4 Å². The van der Waals surface area contributed by atoms with Crippen LogP contribution in [0.25, 0.3) is 0 Å². The minimum atomic E-state index is -0.830. The first-order valence-electron chi connectivity index (χ1n) is 23.0. The van der Waals surface area contributed by atoms with E-state index in [1.165, 1.54) is 14.2 Å². The van der Waals surface area contributed by atoms with Crippen LogP contribution in [0.3, 0.4) is 0 Å². The maximum atomic E-state index is 13.0. The van der Waals surface area contributed by atoms with Crippen LogP contribution in [-0.2, 0) is 43.1 Å². The Morgan fingerprint density at radius 3 is 1.36 bits per heavy atom. The van der Waals surface area contributed by atoms with Gasteiger partial charge >= 0.3 is 11.9 Å². The molecule has 16 heteroatoms. The number of hydrogen-bond donors (Lipinski definition) is 3. The van der Waals surface area contributed by atoms with E-state index in [-0.39, 0.29) is 29.7 Å². The molecule has 11 rings (SSSR count). The molecule has 4 amide bonds. The van der Waals surface area contributed by atoms with Gasteiger partial charge in [-0.2, -0.15) is 0 Å². The van der Waals surface area contributed by atoms with Gasteiger partial charge < -0.3 is 38.8 Å². The van der Waals surface area contributed by atoms with Gasteiger partial charge in [0, 0.05) is 75.1 Å². The molecule has 3 saturated heterocycles. The van der Waals surface area contributed by atoms with Crippen LogP contribution in [0.5, 0.6) is 17.2 Å². The Bertz CT molecular complexity index is 2680. The molecule has 6 aliphatic rings. The number of nitrogens with one attached hydrogen (secondary N) is 2. The maximum absolute atomic E-state index is 13.0. The second-order valence-corrected chi connectivity index (χ2v) is 17.8. The predicted octanol–water partition coefficient (Wildman–Crippen LogP) is 6.34. The third kappa shape index (κ3) is 8.95. The molecule has 16 nitrogen and oxygen atoms in total. The largest absolute Gasteiger partial charge is 0.477 e. The number of benzene rings is 5. The zero-order chi connectivity index (χ0) is 48.3. The van der Waals surface area contributed by atoms with E-state index in [0.717, 1.165) is 34.5 Å². The van der Waals surface area contributed by atoms with Gasteiger partial charge in [-0.15, -0.1) is 0 Å². The predicted molar refractivity (Wildman–Crippen MR) is 251 cm³/mol. The third-order valence-electron chi connectivity index (χ3n) is 13.8. The summed E-state index contributed by atoms with van der Waals surface area (Å²) in [5.74, 6) is 0.687. The van der Waals surface area contributed by atoms with E-state index in [2.05, 4.69) is 5.32 Å². The van der Waals surface area contributed by atoms with E-state index in [1.807, 2.05) is 60.7 Å². The summed E-state index contributed by atoms with van der Waals surface area (Å²) in [7, 11) is 2.72. The summed E-state index contributed by atoms with van der Waals surface area (Å²) in [5.41, 5.74) is 5.23. The molecule has 6 heterocycles. The Balaban J connectivity index is 0.000000130. The number of nitrogens with zero attached hydrogens (tertiary/aromatic N) is 2. The second kappa shape index (κ2) is 19.1. The Morgan fingerprint density at radius 1 is 0.551 bits per heavy atom. The lowest BCUT2D eigenvalue weighted by Gasteiger charge is -2.34. The first-order valence-corrected chi connectivity index (χ1v) is 23.0. The highest BCUT2D eigenvalue weighted by molar-refractivity contribution is 6.03. The topological polar surface area (TPSA) is 199 Å². The fourth-order valence-electron chi connectivity index (χ4n) is 9.96. The number of anilines is 2. The van der Waals surface area contributed by atoms with Crippen molar-refractivity contribution in [2.75, 3.05) is 43.7 Å². The Morgan fingerprint density at radius 2 is 0.957 bits per heavy atom. The first kappa shape index (κ1) is 46.4. The molecule has 5 aromatic rings. The molecule has 5 aromatic carbocycles. The fourth-order valence-corrected chi connectivity index (χ4v) is 9.96. The summed E-state index contributed by atoms with van der Waals surface area (Å²) in [6.07, 6.45) is 5.93. The first-order chi connectivity index (χ1) is 33.4. The highest BCUT2D eigenvalue weighted by Crippen LogP contribution is 2.43. The number of para-hydroxylation sites is 2. The smallest absolute Gasteiger partial charge is 0.337 e. The number of methoxy groups -OCH3 is 2. The van der Waals surface area contributed by atoms with Gasteiger partial charge in [-0.3, -0.25) is 24.4 Å². The third-order valence-corrected chi connectivity index (χ3v) is 13.8. The van der Waals surface area contributed by atoms with Gasteiger partial charge in [-0.05, 0) is 115 Å². The van der Waals surface area contributed by atoms with Crippen molar-refractivity contribution >= 4 is 46.9 Å². The number of rotatable bonds is 5. The normalized spacial score (nSPS) is 22.6. The lowest BCUT2D eigenvalue weighted by atomic mass is 9.89. The minimum Gasteiger partial charge on any atom is -0.477 e. The quantitative estimate of drug-likeness (QED) is 0.101. The maximum Gasteiger partial charge on any atom is 0.337 e. The average molecular weight is 937 g/mol. The molecule has 3 N–H and O–H groups in total. The molecular formula is C53H52N4O12. The number of hydrogen-bond acceptors (Lipinski definition) is 12. The molecule has 0 bridgehead atoms. The summed E-state index contributed by atoms with van der Waals surface area (Å²) in [4.78, 5) is 76.2. The van der Waals surface area contributed by atoms with Gasteiger partial charge in [0.1, 0.15) is 17.2 Å². The molecule has 3 unspecified atom stereocenters. The monoisotopic (exact) mass is 936 g/mol. The van der Waals surface area contributed by atoms with Crippen LogP contribution in [0.1, 0.15) is 86.3 Å². The van der Waals surface area contributed by atoms with Crippen LogP contribution < -0.4 is 34.8 Å². The Kier molecular flexibility index (Phi) is 12.8. The van der Waals surface area contributed by atoms with E-state index >= 15 is 0 Å². The summed E-state index contributed by atoms with van der Waals surface area (Å²) in [6.45, 7) is 1.94. The van der Waals surface area contributed by atoms with E-state index in [0.29, 0.717) is 105 Å². The molecule has 0 aromatic heterocycles. The van der Waals surface area contributed by atoms with E-state index in [1.54, 1.807) is 69.9 Å². The molecule has 69 heavy (non-hydrogen) atoms. The Labute approximate surface area is 398 Å². The van der Waals surface area contributed by atoms with Crippen LogP contribution >= 0.6 is 0 Å². The number of fused-ring (bicyclic) bond motifs is 3. The van der Waals surface area contributed by atoms with Crippen molar-refractivity contribution in [1.29, 1.82) is 0 Å². The summed E-state index contributed by atoms with van der Waals surface area (Å²) in [6, 6.07) is 34.7. The number of hydroxylamine groups is 1. The Hall–Kier alpha value is -7.72. The number of carbonyl (C=O) groups is 6. The number of esters is 2. The standard InChI is InChI=1S/C20H19NO4.C19H18N2O4.C14H15NO4/c1-24-18(22)15-7-8-17-14(13-15)9-10-20(25-17)11-12-21(19(20)23)16-5-3-2-4-6-16;22-17(20-24)14-6-7-16-13(12-14)8-9-19(25-16)10-11-21(18(19)23)15-4-2-1-3-5-15;1-18-12(16)10-2-3-11-9(8-10)4-5-14(19-11)6-7-15-13(14)17/h2-8,13H,9-12H2,1H3;1-7,12,24H,8-11H2,(H,20,22);2-3,8H,4-7H2,1H3,(H,15,17). The van der Waals surface area contributed by atoms with Crippen molar-refractivity contribution in [3.8, 4) is 17.2 Å². The zero-order valence-electron chi connectivity index (χ0n) is 38.3. The SMILES string of the molecule is COC(=O)c1ccc2c(c1)CCC1(CCN(c3ccccc3)C1=O)O2.COC(=O)c1ccc2c(c1)CCC1(CCNC1=O)O2.O=C(NO)c1ccc2c(c1)CCC1(CCN(c3ccccc3)C1=O)O2. The highest BCUT2D eigenvalue weighted by Gasteiger charge is 2.52. The van der Waals surface area contributed by atoms with Crippen LogP contribution in [0, 0.1) is 0 Å². The van der Waals surface area contributed by atoms with Crippen molar-refractivity contribution in [3.05, 3.63) is 149 Å². The zero-order valence-corrected chi connectivity index (χ0v) is 38.3. The fraction of sp³-hybridized carbons (Fsp3) is 0.321. The van der Waals surface area contributed by atoms with Gasteiger partial charge in [-0.1, -0.05) is 36.4 Å². The average Bonchev–Trinajstić information content (AvgIpc) is 4.02. The number of aryl methyl sites for hydroxylation is 3. The van der Waals surface area contributed by atoms with E-state index in [4.69, 9.17) is 28.9 Å². The number of carbonyl (C=O) groups excluding carboxylic acids is 6. The van der Waals surface area contributed by atoms with Crippen LogP contribution in [0.15, 0.2) is 115 Å². The van der Waals surface area contributed by atoms with Crippen molar-refractivity contribution in [3.63, 3.8) is 0 Å². The molecular weight excluding hydrogens is 885 g/mol. The van der Waals surface area contributed by atoms with Gasteiger partial charge in [0.25, 0.3) is 23.6 Å². The minimum absolute atomic E-state index is 0.0125. The summed E-state index contributed by atoms with van der Waals surface area (Å²) in [5, 5.41) is 11.6. The molecule has 3 atom stereocenters. The van der Waals surface area contributed by atoms with Crippen molar-refractivity contribution in [2.45, 2.75) is 74.6 Å². The van der Waals surface area contributed by atoms with Gasteiger partial charge in [0.15, 0.2) is 16.8 Å². The summed E-state index contributed by atoms with van der Waals surface area (Å²) >= 11 is 0. The molecule has 3 fully saturated rings. The lowest BCUT2D eigenvalue weighted by Crippen LogP contribution is -2.47. The molecule has 3 spiro atoms. The van der Waals surface area contributed by atoms with Crippen molar-refractivity contribution in [2.24, 2.45) is 0 Å². The molecule has 0 aliphatic carbocycles. The number of ether oxygens (including phenoxy) is 5. The molecule has 0 saturated carbocycles. The molecule has 356 valence electrons. The van der Waals surface area contributed by atoms with Crippen LogP contribution in [-0.4, -0.2) is 91.4 Å². The highest BCUT2D eigenvalue weighted by atomic mass is 16.5. The van der Waals surface area contributed by atoms with Gasteiger partial charge in [-0.25, -0.2) is 15.1 Å². The van der Waals surface area contributed by atoms with E-state index < -0.39 is 22.7 Å². The van der Waals surface area contributed by atoms with Gasteiger partial charge in [0.05, 0.1) is 25.3 Å².